The maximum atomic E-state index is 12.8. The van der Waals surface area contributed by atoms with Crippen molar-refractivity contribution < 1.29 is 14.3 Å². The summed E-state index contributed by atoms with van der Waals surface area (Å²) in [4.78, 5) is 29.2. The molecule has 1 aromatic carbocycles. The van der Waals surface area contributed by atoms with E-state index in [1.807, 2.05) is 36.9 Å². The minimum absolute atomic E-state index is 0.00489. The molecule has 0 radical (unpaired) electrons. The standard InChI is InChI=1S/C23H35N3O3/c1-4-22(27)26-13-9-18-15-19(7-8-21(18)26)23(28)24-20-10-12-25(16-17(20)3)11-6-14-29-5-2/h7-8,15,17,20H,4-6,9-14,16H2,1-3H3,(H,24,28). The number of carbonyl (C=O) groups excluding carboxylic acids is 2. The van der Waals surface area contributed by atoms with Crippen LogP contribution in [-0.2, 0) is 16.0 Å². The van der Waals surface area contributed by atoms with Crippen molar-refractivity contribution in [2.75, 3.05) is 44.3 Å². The van der Waals surface area contributed by atoms with Crippen LogP contribution < -0.4 is 10.2 Å². The quantitative estimate of drug-likeness (QED) is 0.681. The monoisotopic (exact) mass is 401 g/mol. The fraction of sp³-hybridized carbons (Fsp3) is 0.652. The first-order valence-electron chi connectivity index (χ1n) is 11.1. The Bertz CT molecular complexity index is 721. The molecule has 3 rings (SSSR count). The van der Waals surface area contributed by atoms with Gasteiger partial charge in [0, 0.05) is 63.1 Å². The number of piperidine rings is 1. The van der Waals surface area contributed by atoms with E-state index in [-0.39, 0.29) is 17.9 Å². The third kappa shape index (κ3) is 5.37. The molecule has 1 fully saturated rings. The van der Waals surface area contributed by atoms with E-state index >= 15 is 0 Å². The number of hydrogen-bond acceptors (Lipinski definition) is 4. The summed E-state index contributed by atoms with van der Waals surface area (Å²) < 4.78 is 5.43. The van der Waals surface area contributed by atoms with Crippen molar-refractivity contribution in [1.82, 2.24) is 10.2 Å². The molecule has 1 aromatic rings. The third-order valence-electron chi connectivity index (χ3n) is 6.11. The van der Waals surface area contributed by atoms with E-state index in [0.717, 1.165) is 63.4 Å². The van der Waals surface area contributed by atoms with Gasteiger partial charge < -0.3 is 19.9 Å². The Morgan fingerprint density at radius 1 is 1.24 bits per heavy atom. The van der Waals surface area contributed by atoms with Gasteiger partial charge in [0.1, 0.15) is 0 Å². The van der Waals surface area contributed by atoms with Crippen LogP contribution in [0.25, 0.3) is 0 Å². The molecule has 6 nitrogen and oxygen atoms in total. The zero-order valence-electron chi connectivity index (χ0n) is 18.1. The van der Waals surface area contributed by atoms with Crippen LogP contribution in [0.4, 0.5) is 5.69 Å². The topological polar surface area (TPSA) is 61.9 Å². The molecule has 160 valence electrons. The Hall–Kier alpha value is -1.92. The van der Waals surface area contributed by atoms with E-state index < -0.39 is 0 Å². The van der Waals surface area contributed by atoms with Crippen molar-refractivity contribution in [3.63, 3.8) is 0 Å². The number of nitrogens with one attached hydrogen (secondary N) is 1. The smallest absolute Gasteiger partial charge is 0.251 e. The van der Waals surface area contributed by atoms with Gasteiger partial charge in [-0.25, -0.2) is 0 Å². The predicted molar refractivity (Wildman–Crippen MR) is 115 cm³/mol. The molecule has 2 atom stereocenters. The van der Waals surface area contributed by atoms with E-state index in [2.05, 4.69) is 17.1 Å². The molecule has 0 spiro atoms. The van der Waals surface area contributed by atoms with E-state index in [9.17, 15) is 9.59 Å². The number of amides is 2. The highest BCUT2D eigenvalue weighted by Crippen LogP contribution is 2.29. The highest BCUT2D eigenvalue weighted by atomic mass is 16.5. The molecule has 1 N–H and O–H groups in total. The van der Waals surface area contributed by atoms with Crippen LogP contribution in [-0.4, -0.2) is 62.1 Å². The Labute approximate surface area is 174 Å². The molecule has 0 saturated carbocycles. The SMILES string of the molecule is CCOCCCN1CCC(NC(=O)c2ccc3c(c2)CCN3C(=O)CC)C(C)C1. The zero-order valence-corrected chi connectivity index (χ0v) is 18.1. The molecule has 29 heavy (non-hydrogen) atoms. The van der Waals surface area contributed by atoms with Gasteiger partial charge in [-0.3, -0.25) is 9.59 Å². The number of fused-ring (bicyclic) bond motifs is 1. The number of hydrogen-bond donors (Lipinski definition) is 1. The first kappa shape index (κ1) is 21.8. The van der Waals surface area contributed by atoms with Crippen LogP contribution in [0.5, 0.6) is 0 Å². The minimum atomic E-state index is -0.00489. The second-order valence-electron chi connectivity index (χ2n) is 8.19. The fourth-order valence-electron chi connectivity index (χ4n) is 4.43. The van der Waals surface area contributed by atoms with Crippen LogP contribution in [0.2, 0.25) is 0 Å². The number of likely N-dealkylation sites (tertiary alicyclic amines) is 1. The fourth-order valence-corrected chi connectivity index (χ4v) is 4.43. The van der Waals surface area contributed by atoms with Gasteiger partial charge >= 0.3 is 0 Å². The zero-order chi connectivity index (χ0) is 20.8. The van der Waals surface area contributed by atoms with Crippen molar-refractivity contribution in [2.45, 2.75) is 52.5 Å². The van der Waals surface area contributed by atoms with E-state index in [1.165, 1.54) is 0 Å². The molecule has 2 aliphatic heterocycles. The lowest BCUT2D eigenvalue weighted by molar-refractivity contribution is -0.118. The van der Waals surface area contributed by atoms with Crippen LogP contribution in [0.3, 0.4) is 0 Å². The van der Waals surface area contributed by atoms with E-state index in [4.69, 9.17) is 4.74 Å². The summed E-state index contributed by atoms with van der Waals surface area (Å²) in [5.74, 6) is 0.560. The maximum absolute atomic E-state index is 12.8. The van der Waals surface area contributed by atoms with Gasteiger partial charge in [0.15, 0.2) is 0 Å². The molecule has 2 unspecified atom stereocenters. The largest absolute Gasteiger partial charge is 0.382 e. The molecule has 2 heterocycles. The highest BCUT2D eigenvalue weighted by molar-refractivity contribution is 5.98. The average Bonchev–Trinajstić information content (AvgIpc) is 3.15. The van der Waals surface area contributed by atoms with Crippen molar-refractivity contribution in [3.8, 4) is 0 Å². The first-order valence-corrected chi connectivity index (χ1v) is 11.1. The lowest BCUT2D eigenvalue weighted by Crippen LogP contribution is -2.50. The van der Waals surface area contributed by atoms with Gasteiger partial charge in [-0.15, -0.1) is 0 Å². The van der Waals surface area contributed by atoms with Crippen molar-refractivity contribution in [3.05, 3.63) is 29.3 Å². The summed E-state index contributed by atoms with van der Waals surface area (Å²) in [7, 11) is 0. The summed E-state index contributed by atoms with van der Waals surface area (Å²) in [5.41, 5.74) is 2.75. The van der Waals surface area contributed by atoms with Gasteiger partial charge in [0.2, 0.25) is 5.91 Å². The Morgan fingerprint density at radius 3 is 2.79 bits per heavy atom. The van der Waals surface area contributed by atoms with Gasteiger partial charge in [-0.1, -0.05) is 13.8 Å². The molecule has 0 aromatic heterocycles. The third-order valence-corrected chi connectivity index (χ3v) is 6.11. The number of nitrogens with zero attached hydrogens (tertiary/aromatic N) is 2. The minimum Gasteiger partial charge on any atom is -0.382 e. The first-order chi connectivity index (χ1) is 14.0. The van der Waals surface area contributed by atoms with Crippen molar-refractivity contribution >= 4 is 17.5 Å². The molecular formula is C23H35N3O3. The van der Waals surface area contributed by atoms with Crippen molar-refractivity contribution in [1.29, 1.82) is 0 Å². The summed E-state index contributed by atoms with van der Waals surface area (Å²) in [5, 5.41) is 3.25. The molecule has 0 aliphatic carbocycles. The van der Waals surface area contributed by atoms with Gasteiger partial charge in [0.25, 0.3) is 5.91 Å². The Balaban J connectivity index is 1.53. The Kier molecular flexibility index (Phi) is 7.67. The molecule has 1 saturated heterocycles. The van der Waals surface area contributed by atoms with Crippen LogP contribution >= 0.6 is 0 Å². The number of rotatable bonds is 8. The normalized spacial score (nSPS) is 21.8. The van der Waals surface area contributed by atoms with Crippen LogP contribution in [0.1, 0.15) is 56.0 Å². The highest BCUT2D eigenvalue weighted by Gasteiger charge is 2.28. The summed E-state index contributed by atoms with van der Waals surface area (Å²) in [6.07, 6.45) is 3.36. The van der Waals surface area contributed by atoms with Crippen LogP contribution in [0, 0.1) is 5.92 Å². The lowest BCUT2D eigenvalue weighted by Gasteiger charge is -2.37. The van der Waals surface area contributed by atoms with Crippen LogP contribution in [0.15, 0.2) is 18.2 Å². The molecule has 2 aliphatic rings. The second kappa shape index (κ2) is 10.2. The molecule has 6 heteroatoms. The predicted octanol–water partition coefficient (Wildman–Crippen LogP) is 2.85. The van der Waals surface area contributed by atoms with E-state index in [0.29, 0.717) is 24.4 Å². The van der Waals surface area contributed by atoms with Gasteiger partial charge in [0.05, 0.1) is 0 Å². The molecule has 0 bridgehead atoms. The summed E-state index contributed by atoms with van der Waals surface area (Å²) in [6, 6.07) is 5.94. The lowest BCUT2D eigenvalue weighted by atomic mass is 9.93. The summed E-state index contributed by atoms with van der Waals surface area (Å²) >= 11 is 0. The van der Waals surface area contributed by atoms with Crippen molar-refractivity contribution in [2.24, 2.45) is 5.92 Å². The number of anilines is 1. The number of benzene rings is 1. The summed E-state index contributed by atoms with van der Waals surface area (Å²) in [6.45, 7) is 11.5. The van der Waals surface area contributed by atoms with Gasteiger partial charge in [-0.2, -0.15) is 0 Å². The second-order valence-corrected chi connectivity index (χ2v) is 8.19. The number of carbonyl (C=O) groups is 2. The molecular weight excluding hydrogens is 366 g/mol. The van der Waals surface area contributed by atoms with Gasteiger partial charge in [-0.05, 0) is 55.9 Å². The Morgan fingerprint density at radius 2 is 2.07 bits per heavy atom. The average molecular weight is 402 g/mol. The molecule has 2 amide bonds. The van der Waals surface area contributed by atoms with E-state index in [1.54, 1.807) is 0 Å². The maximum Gasteiger partial charge on any atom is 0.251 e. The number of ether oxygens (including phenoxy) is 1.